The van der Waals surface area contributed by atoms with E-state index in [4.69, 9.17) is 17.3 Å². The third-order valence-corrected chi connectivity index (χ3v) is 4.83. The van der Waals surface area contributed by atoms with E-state index >= 15 is 0 Å². The third-order valence-electron chi connectivity index (χ3n) is 3.17. The summed E-state index contributed by atoms with van der Waals surface area (Å²) < 4.78 is 27.6. The van der Waals surface area contributed by atoms with Gasteiger partial charge in [-0.15, -0.1) is 0 Å². The minimum absolute atomic E-state index is 0.0197. The Morgan fingerprint density at radius 2 is 1.62 bits per heavy atom. The van der Waals surface area contributed by atoms with Crippen molar-refractivity contribution in [2.24, 2.45) is 0 Å². The van der Waals surface area contributed by atoms with Crippen molar-refractivity contribution in [1.82, 2.24) is 0 Å². The Bertz CT molecular complexity index is 778. The summed E-state index contributed by atoms with van der Waals surface area (Å²) in [7, 11) is -3.75. The molecule has 2 aromatic carbocycles. The van der Waals surface area contributed by atoms with Gasteiger partial charge >= 0.3 is 0 Å². The molecule has 3 N–H and O–H groups in total. The summed E-state index contributed by atoms with van der Waals surface area (Å²) in [6.45, 7) is 5.70. The molecule has 0 unspecified atom stereocenters. The molecule has 0 fully saturated rings. The summed E-state index contributed by atoms with van der Waals surface area (Å²) >= 11 is 5.80. The maximum Gasteiger partial charge on any atom is 0.263 e. The summed E-state index contributed by atoms with van der Waals surface area (Å²) in [6.07, 6.45) is 0. The molecule has 0 atom stereocenters. The van der Waals surface area contributed by atoms with Gasteiger partial charge in [-0.05, 0) is 50.1 Å². The van der Waals surface area contributed by atoms with Crippen LogP contribution in [0.1, 0.15) is 16.7 Å². The second-order valence-electron chi connectivity index (χ2n) is 5.06. The lowest BCUT2D eigenvalue weighted by Crippen LogP contribution is -2.16. The molecule has 0 radical (unpaired) electrons. The molecule has 0 aromatic heterocycles. The Labute approximate surface area is 130 Å². The van der Waals surface area contributed by atoms with Crippen molar-refractivity contribution < 1.29 is 8.42 Å². The molecular weight excluding hydrogens is 308 g/mol. The fraction of sp³-hybridized carbons (Fsp3) is 0.200. The number of sulfonamides is 1. The molecule has 0 spiro atoms. The van der Waals surface area contributed by atoms with E-state index in [9.17, 15) is 8.42 Å². The van der Waals surface area contributed by atoms with Gasteiger partial charge in [-0.2, -0.15) is 0 Å². The summed E-state index contributed by atoms with van der Waals surface area (Å²) in [5, 5.41) is 0.397. The van der Waals surface area contributed by atoms with Crippen LogP contribution in [0.15, 0.2) is 35.2 Å². The van der Waals surface area contributed by atoms with Crippen LogP contribution in [0.5, 0.6) is 0 Å². The molecule has 0 saturated heterocycles. The highest BCUT2D eigenvalue weighted by Gasteiger charge is 2.19. The van der Waals surface area contributed by atoms with Gasteiger partial charge < -0.3 is 5.73 Å². The van der Waals surface area contributed by atoms with Crippen molar-refractivity contribution in [1.29, 1.82) is 0 Å². The molecule has 0 heterocycles. The SMILES string of the molecule is Cc1cc(C)c(NS(=O)(=O)c2ccc(Cl)cc2N)c(C)c1. The highest BCUT2D eigenvalue weighted by molar-refractivity contribution is 7.92. The minimum Gasteiger partial charge on any atom is -0.398 e. The molecule has 2 aromatic rings. The normalized spacial score (nSPS) is 11.4. The van der Waals surface area contributed by atoms with E-state index in [1.54, 1.807) is 0 Å². The first-order chi connectivity index (χ1) is 9.70. The van der Waals surface area contributed by atoms with Gasteiger partial charge in [0.1, 0.15) is 4.90 Å². The van der Waals surface area contributed by atoms with Gasteiger partial charge in [0, 0.05) is 5.02 Å². The average Bonchev–Trinajstić information content (AvgIpc) is 2.33. The van der Waals surface area contributed by atoms with E-state index in [-0.39, 0.29) is 10.6 Å². The van der Waals surface area contributed by atoms with Crippen molar-refractivity contribution in [2.45, 2.75) is 25.7 Å². The van der Waals surface area contributed by atoms with Crippen LogP contribution in [0.4, 0.5) is 11.4 Å². The van der Waals surface area contributed by atoms with E-state index in [0.29, 0.717) is 10.7 Å². The number of nitrogens with two attached hydrogens (primary N) is 1. The Balaban J connectivity index is 2.47. The quantitative estimate of drug-likeness (QED) is 0.846. The predicted octanol–water partition coefficient (Wildman–Crippen LogP) is 3.65. The van der Waals surface area contributed by atoms with Gasteiger partial charge in [0.05, 0.1) is 11.4 Å². The van der Waals surface area contributed by atoms with Crippen molar-refractivity contribution in [3.05, 3.63) is 52.0 Å². The molecule has 0 aliphatic rings. The van der Waals surface area contributed by atoms with Crippen LogP contribution < -0.4 is 10.5 Å². The molecule has 21 heavy (non-hydrogen) atoms. The Hall–Kier alpha value is -1.72. The molecular formula is C15H17ClN2O2S. The van der Waals surface area contributed by atoms with Crippen LogP contribution in [0.2, 0.25) is 5.02 Å². The monoisotopic (exact) mass is 324 g/mol. The van der Waals surface area contributed by atoms with Crippen LogP contribution >= 0.6 is 11.6 Å². The third kappa shape index (κ3) is 3.31. The number of aryl methyl sites for hydroxylation is 3. The predicted molar refractivity (Wildman–Crippen MR) is 87.3 cm³/mol. The van der Waals surface area contributed by atoms with Crippen molar-refractivity contribution in [2.75, 3.05) is 10.5 Å². The number of benzene rings is 2. The van der Waals surface area contributed by atoms with Crippen molar-refractivity contribution in [3.63, 3.8) is 0 Å². The zero-order valence-corrected chi connectivity index (χ0v) is 13.6. The van der Waals surface area contributed by atoms with Crippen LogP contribution in [0.25, 0.3) is 0 Å². The topological polar surface area (TPSA) is 72.2 Å². The smallest absolute Gasteiger partial charge is 0.263 e. The van der Waals surface area contributed by atoms with Crippen molar-refractivity contribution >= 4 is 33.0 Å². The maximum absolute atomic E-state index is 12.5. The molecule has 4 nitrogen and oxygen atoms in total. The molecule has 6 heteroatoms. The number of hydrogen-bond acceptors (Lipinski definition) is 3. The lowest BCUT2D eigenvalue weighted by atomic mass is 10.1. The minimum atomic E-state index is -3.75. The van der Waals surface area contributed by atoms with E-state index < -0.39 is 10.0 Å². The number of anilines is 2. The standard InChI is InChI=1S/C15H17ClN2O2S/c1-9-6-10(2)15(11(3)7-9)18-21(19,20)14-5-4-12(16)8-13(14)17/h4-8,18H,17H2,1-3H3. The van der Waals surface area contributed by atoms with E-state index in [2.05, 4.69) is 4.72 Å². The fourth-order valence-corrected chi connectivity index (χ4v) is 3.79. The first-order valence-corrected chi connectivity index (χ1v) is 8.22. The molecule has 0 bridgehead atoms. The fourth-order valence-electron chi connectivity index (χ4n) is 2.29. The first kappa shape index (κ1) is 15.7. The van der Waals surface area contributed by atoms with Gasteiger partial charge in [-0.3, -0.25) is 4.72 Å². The van der Waals surface area contributed by atoms with Gasteiger partial charge in [0.25, 0.3) is 10.0 Å². The highest BCUT2D eigenvalue weighted by Crippen LogP contribution is 2.28. The van der Waals surface area contributed by atoms with Gasteiger partial charge in [0.15, 0.2) is 0 Å². The van der Waals surface area contributed by atoms with Gasteiger partial charge in [0.2, 0.25) is 0 Å². The Kier molecular flexibility index (Phi) is 4.16. The second kappa shape index (κ2) is 5.58. The van der Waals surface area contributed by atoms with Gasteiger partial charge in [-0.25, -0.2) is 8.42 Å². The lowest BCUT2D eigenvalue weighted by molar-refractivity contribution is 0.601. The summed E-state index contributed by atoms with van der Waals surface area (Å²) in [6, 6.07) is 8.18. The summed E-state index contributed by atoms with van der Waals surface area (Å²) in [5.41, 5.74) is 9.27. The first-order valence-electron chi connectivity index (χ1n) is 6.36. The highest BCUT2D eigenvalue weighted by atomic mass is 35.5. The molecule has 0 amide bonds. The van der Waals surface area contributed by atoms with Crippen LogP contribution in [0.3, 0.4) is 0 Å². The van der Waals surface area contributed by atoms with Crippen molar-refractivity contribution in [3.8, 4) is 0 Å². The molecule has 0 aliphatic heterocycles. The molecule has 112 valence electrons. The van der Waals surface area contributed by atoms with E-state index in [1.807, 2.05) is 32.9 Å². The molecule has 0 aliphatic carbocycles. The summed E-state index contributed by atoms with van der Waals surface area (Å²) in [5.74, 6) is 0. The summed E-state index contributed by atoms with van der Waals surface area (Å²) in [4.78, 5) is 0.0197. The van der Waals surface area contributed by atoms with Gasteiger partial charge in [-0.1, -0.05) is 29.3 Å². The van der Waals surface area contributed by atoms with Crippen LogP contribution in [-0.2, 0) is 10.0 Å². The lowest BCUT2D eigenvalue weighted by Gasteiger charge is -2.15. The number of nitrogen functional groups attached to an aromatic ring is 1. The molecule has 2 rings (SSSR count). The number of nitrogens with one attached hydrogen (secondary N) is 1. The number of hydrogen-bond donors (Lipinski definition) is 2. The Morgan fingerprint density at radius 3 is 2.14 bits per heavy atom. The average molecular weight is 325 g/mol. The van der Waals surface area contributed by atoms with E-state index in [1.165, 1.54) is 18.2 Å². The largest absolute Gasteiger partial charge is 0.398 e. The van der Waals surface area contributed by atoms with E-state index in [0.717, 1.165) is 16.7 Å². The number of rotatable bonds is 3. The molecule has 0 saturated carbocycles. The number of halogens is 1. The van der Waals surface area contributed by atoms with Crippen LogP contribution in [0, 0.1) is 20.8 Å². The second-order valence-corrected chi connectivity index (χ2v) is 7.15. The van der Waals surface area contributed by atoms with Crippen LogP contribution in [-0.4, -0.2) is 8.42 Å². The zero-order valence-electron chi connectivity index (χ0n) is 12.1. The maximum atomic E-state index is 12.5. The zero-order chi connectivity index (χ0) is 15.8. The Morgan fingerprint density at radius 1 is 1.05 bits per heavy atom.